The standard InChI is InChI=1S/C23H26N4O3S/c28-21(9-10-27-22(29)19-7-3-4-8-20(19)25-23(27)31)24-15-17-5-1-2-6-18(17)16-26-11-13-30-14-12-26/h1-8H,9-16H2,(H,24,28)(H,25,31). The first kappa shape index (κ1) is 21.4. The van der Waals surface area contributed by atoms with Crippen LogP contribution in [-0.4, -0.2) is 46.7 Å². The van der Waals surface area contributed by atoms with Crippen LogP contribution in [0.1, 0.15) is 17.5 Å². The summed E-state index contributed by atoms with van der Waals surface area (Å²) in [5.41, 5.74) is 2.83. The maximum Gasteiger partial charge on any atom is 0.262 e. The van der Waals surface area contributed by atoms with Crippen molar-refractivity contribution in [2.45, 2.75) is 26.1 Å². The van der Waals surface area contributed by atoms with Crippen molar-refractivity contribution < 1.29 is 9.53 Å². The molecule has 0 saturated carbocycles. The van der Waals surface area contributed by atoms with Crippen molar-refractivity contribution in [3.05, 3.63) is 74.8 Å². The lowest BCUT2D eigenvalue weighted by molar-refractivity contribution is -0.121. The number of hydrogen-bond donors (Lipinski definition) is 2. The zero-order valence-electron chi connectivity index (χ0n) is 17.3. The fourth-order valence-electron chi connectivity index (χ4n) is 3.78. The van der Waals surface area contributed by atoms with E-state index in [1.807, 2.05) is 36.4 Å². The third-order valence-corrected chi connectivity index (χ3v) is 5.87. The molecule has 2 aromatic carbocycles. The van der Waals surface area contributed by atoms with Crippen LogP contribution in [0.5, 0.6) is 0 Å². The molecular weight excluding hydrogens is 412 g/mol. The minimum Gasteiger partial charge on any atom is -0.379 e. The van der Waals surface area contributed by atoms with Gasteiger partial charge in [-0.05, 0) is 35.5 Å². The zero-order chi connectivity index (χ0) is 21.6. The second-order valence-electron chi connectivity index (χ2n) is 7.62. The number of morpholine rings is 1. The highest BCUT2D eigenvalue weighted by Gasteiger charge is 2.13. The van der Waals surface area contributed by atoms with Crippen molar-refractivity contribution in [1.29, 1.82) is 0 Å². The Morgan fingerprint density at radius 3 is 2.58 bits per heavy atom. The number of rotatable bonds is 7. The predicted octanol–water partition coefficient (Wildman–Crippen LogP) is 2.60. The van der Waals surface area contributed by atoms with Crippen molar-refractivity contribution in [2.24, 2.45) is 0 Å². The lowest BCUT2D eigenvalue weighted by Gasteiger charge is -2.27. The van der Waals surface area contributed by atoms with E-state index < -0.39 is 0 Å². The molecule has 4 rings (SSSR count). The zero-order valence-corrected chi connectivity index (χ0v) is 18.1. The number of para-hydroxylation sites is 1. The molecule has 0 unspecified atom stereocenters. The van der Waals surface area contributed by atoms with E-state index in [1.165, 1.54) is 10.1 Å². The molecule has 2 N–H and O–H groups in total. The van der Waals surface area contributed by atoms with Crippen LogP contribution in [0.25, 0.3) is 10.9 Å². The molecule has 3 aromatic rings. The number of ether oxygens (including phenoxy) is 1. The molecule has 31 heavy (non-hydrogen) atoms. The summed E-state index contributed by atoms with van der Waals surface area (Å²) >= 11 is 5.32. The summed E-state index contributed by atoms with van der Waals surface area (Å²) in [5, 5.41) is 3.54. The molecule has 0 radical (unpaired) electrons. The van der Waals surface area contributed by atoms with Crippen LogP contribution in [0.15, 0.2) is 53.3 Å². The molecule has 1 aromatic heterocycles. The molecule has 1 saturated heterocycles. The fraction of sp³-hybridized carbons (Fsp3) is 0.348. The van der Waals surface area contributed by atoms with Gasteiger partial charge in [-0.1, -0.05) is 36.4 Å². The number of nitrogens with one attached hydrogen (secondary N) is 2. The van der Waals surface area contributed by atoms with Gasteiger partial charge in [-0.2, -0.15) is 0 Å². The molecular formula is C23H26N4O3S. The summed E-state index contributed by atoms with van der Waals surface area (Å²) < 4.78 is 7.19. The third kappa shape index (κ3) is 5.28. The normalized spacial score (nSPS) is 14.6. The summed E-state index contributed by atoms with van der Waals surface area (Å²) in [6, 6.07) is 15.4. The van der Waals surface area contributed by atoms with E-state index in [0.717, 1.165) is 38.4 Å². The Bertz CT molecular complexity index is 1180. The van der Waals surface area contributed by atoms with Gasteiger partial charge < -0.3 is 15.0 Å². The van der Waals surface area contributed by atoms with E-state index in [-0.39, 0.29) is 24.4 Å². The first-order chi connectivity index (χ1) is 15.1. The summed E-state index contributed by atoms with van der Waals surface area (Å²) in [4.78, 5) is 30.6. The number of carbonyl (C=O) groups excluding carboxylic acids is 1. The highest BCUT2D eigenvalue weighted by molar-refractivity contribution is 7.71. The van der Waals surface area contributed by atoms with Crippen molar-refractivity contribution in [1.82, 2.24) is 19.8 Å². The van der Waals surface area contributed by atoms with Crippen LogP contribution >= 0.6 is 12.2 Å². The van der Waals surface area contributed by atoms with Gasteiger partial charge in [0.05, 0.1) is 24.1 Å². The predicted molar refractivity (Wildman–Crippen MR) is 122 cm³/mol. The van der Waals surface area contributed by atoms with Crippen LogP contribution in [0.2, 0.25) is 0 Å². The van der Waals surface area contributed by atoms with Gasteiger partial charge in [0.25, 0.3) is 5.56 Å². The number of fused-ring (bicyclic) bond motifs is 1. The van der Waals surface area contributed by atoms with Gasteiger partial charge in [0.15, 0.2) is 4.77 Å². The minimum absolute atomic E-state index is 0.115. The number of carbonyl (C=O) groups is 1. The van der Waals surface area contributed by atoms with Crippen LogP contribution in [-0.2, 0) is 29.2 Å². The lowest BCUT2D eigenvalue weighted by atomic mass is 10.1. The second-order valence-corrected chi connectivity index (χ2v) is 8.00. The van der Waals surface area contributed by atoms with Gasteiger partial charge >= 0.3 is 0 Å². The molecule has 7 nitrogen and oxygen atoms in total. The number of benzene rings is 2. The van der Waals surface area contributed by atoms with Crippen molar-refractivity contribution in [2.75, 3.05) is 26.3 Å². The Morgan fingerprint density at radius 2 is 1.77 bits per heavy atom. The second kappa shape index (κ2) is 10.00. The number of aromatic amines is 1. The quantitative estimate of drug-likeness (QED) is 0.555. The highest BCUT2D eigenvalue weighted by atomic mass is 32.1. The topological polar surface area (TPSA) is 79.4 Å². The van der Waals surface area contributed by atoms with Crippen molar-refractivity contribution in [3.63, 3.8) is 0 Å². The minimum atomic E-state index is -0.178. The largest absolute Gasteiger partial charge is 0.379 e. The van der Waals surface area contributed by atoms with Gasteiger partial charge in [-0.3, -0.25) is 19.1 Å². The van der Waals surface area contributed by atoms with Gasteiger partial charge in [0, 0.05) is 39.1 Å². The SMILES string of the molecule is O=C(CCn1c(=S)[nH]c2ccccc2c1=O)NCc1ccccc1CN1CCOCC1. The van der Waals surface area contributed by atoms with E-state index in [0.29, 0.717) is 22.2 Å². The number of amides is 1. The van der Waals surface area contributed by atoms with E-state index >= 15 is 0 Å². The molecule has 0 bridgehead atoms. The maximum absolute atomic E-state index is 12.7. The Hall–Kier alpha value is -2.81. The van der Waals surface area contributed by atoms with E-state index in [4.69, 9.17) is 17.0 Å². The molecule has 1 aliphatic rings. The van der Waals surface area contributed by atoms with E-state index in [9.17, 15) is 9.59 Å². The van der Waals surface area contributed by atoms with E-state index in [2.05, 4.69) is 21.3 Å². The summed E-state index contributed by atoms with van der Waals surface area (Å²) in [6.45, 7) is 4.89. The average molecular weight is 439 g/mol. The van der Waals surface area contributed by atoms with Crippen molar-refractivity contribution in [3.8, 4) is 0 Å². The first-order valence-corrected chi connectivity index (χ1v) is 10.9. The molecule has 1 fully saturated rings. The maximum atomic E-state index is 12.7. The Kier molecular flexibility index (Phi) is 6.91. The van der Waals surface area contributed by atoms with Gasteiger partial charge in [-0.25, -0.2) is 0 Å². The monoisotopic (exact) mass is 438 g/mol. The van der Waals surface area contributed by atoms with Crippen LogP contribution in [0, 0.1) is 4.77 Å². The molecule has 8 heteroatoms. The Morgan fingerprint density at radius 1 is 1.06 bits per heavy atom. The number of H-pyrrole nitrogens is 1. The number of hydrogen-bond acceptors (Lipinski definition) is 5. The molecule has 1 amide bonds. The number of nitrogens with zero attached hydrogens (tertiary/aromatic N) is 2. The number of aromatic nitrogens is 2. The fourth-order valence-corrected chi connectivity index (χ4v) is 4.07. The van der Waals surface area contributed by atoms with Gasteiger partial charge in [0.1, 0.15) is 0 Å². The molecule has 162 valence electrons. The summed E-state index contributed by atoms with van der Waals surface area (Å²) in [5.74, 6) is -0.115. The van der Waals surface area contributed by atoms with Crippen LogP contribution < -0.4 is 10.9 Å². The average Bonchev–Trinajstić information content (AvgIpc) is 2.79. The molecule has 2 heterocycles. The lowest BCUT2D eigenvalue weighted by Crippen LogP contribution is -2.36. The Labute approximate surface area is 185 Å². The van der Waals surface area contributed by atoms with E-state index in [1.54, 1.807) is 6.07 Å². The highest BCUT2D eigenvalue weighted by Crippen LogP contribution is 2.13. The Balaban J connectivity index is 1.37. The van der Waals surface area contributed by atoms with Crippen LogP contribution in [0.4, 0.5) is 0 Å². The molecule has 0 spiro atoms. The van der Waals surface area contributed by atoms with Crippen LogP contribution in [0.3, 0.4) is 0 Å². The summed E-state index contributed by atoms with van der Waals surface area (Å²) in [7, 11) is 0. The molecule has 1 aliphatic heterocycles. The summed E-state index contributed by atoms with van der Waals surface area (Å²) in [6.07, 6.45) is 0.182. The van der Waals surface area contributed by atoms with Gasteiger partial charge in [0.2, 0.25) is 5.91 Å². The molecule has 0 atom stereocenters. The smallest absolute Gasteiger partial charge is 0.262 e. The van der Waals surface area contributed by atoms with Gasteiger partial charge in [-0.15, -0.1) is 0 Å². The van der Waals surface area contributed by atoms with Crippen molar-refractivity contribution >= 4 is 29.0 Å². The molecule has 0 aliphatic carbocycles. The first-order valence-electron chi connectivity index (χ1n) is 10.5. The third-order valence-electron chi connectivity index (χ3n) is 5.54.